The minimum Gasteiger partial charge on any atom is -0.462 e. The SMILES string of the molecule is C=Cc1ccccc1CCCCC(CCCCc1ccccc1C=C)COC(=O)C(=C)C. The van der Waals surface area contributed by atoms with Crippen molar-refractivity contribution < 1.29 is 9.53 Å². The molecule has 0 aliphatic carbocycles. The second-order valence-corrected chi connectivity index (χ2v) is 8.54. The summed E-state index contributed by atoms with van der Waals surface area (Å²) in [6.07, 6.45) is 12.6. The zero-order valence-corrected chi connectivity index (χ0v) is 19.7. The molecule has 0 aliphatic heterocycles. The van der Waals surface area contributed by atoms with Gasteiger partial charge >= 0.3 is 5.97 Å². The van der Waals surface area contributed by atoms with E-state index in [-0.39, 0.29) is 5.97 Å². The molecule has 0 N–H and O–H groups in total. The highest BCUT2D eigenvalue weighted by atomic mass is 16.5. The van der Waals surface area contributed by atoms with Crippen LogP contribution in [0.25, 0.3) is 12.2 Å². The standard InChI is InChI=1S/C30H38O2/c1-5-26-17-11-13-21-28(26)19-9-7-15-25(23-32-30(31)24(3)4)16-8-10-20-29-22-14-12-18-27(29)6-2/h5-6,11-14,17-18,21-22,25H,1-3,7-10,15-16,19-20,23H2,4H3. The number of benzene rings is 2. The Bertz CT molecular complexity index is 834. The Kier molecular flexibility index (Phi) is 11.3. The average Bonchev–Trinajstić information content (AvgIpc) is 2.82. The Morgan fingerprint density at radius 1 is 0.844 bits per heavy atom. The number of carbonyl (C=O) groups is 1. The molecule has 2 aromatic carbocycles. The summed E-state index contributed by atoms with van der Waals surface area (Å²) < 4.78 is 5.50. The molecule has 170 valence electrons. The summed E-state index contributed by atoms with van der Waals surface area (Å²) in [5.74, 6) is 0.109. The summed E-state index contributed by atoms with van der Waals surface area (Å²) in [5, 5.41) is 0. The van der Waals surface area contributed by atoms with E-state index in [0.717, 1.165) is 51.4 Å². The first-order valence-electron chi connectivity index (χ1n) is 11.8. The number of unbranched alkanes of at least 4 members (excludes halogenated alkanes) is 2. The lowest BCUT2D eigenvalue weighted by Gasteiger charge is -2.17. The van der Waals surface area contributed by atoms with Crippen LogP contribution in [-0.4, -0.2) is 12.6 Å². The van der Waals surface area contributed by atoms with Gasteiger partial charge in [0, 0.05) is 5.57 Å². The van der Waals surface area contributed by atoms with Crippen molar-refractivity contribution in [3.05, 3.63) is 96.1 Å². The molecule has 0 bridgehead atoms. The van der Waals surface area contributed by atoms with Crippen molar-refractivity contribution in [1.82, 2.24) is 0 Å². The third-order valence-corrected chi connectivity index (χ3v) is 5.97. The van der Waals surface area contributed by atoms with E-state index in [1.54, 1.807) is 6.92 Å². The number of hydrogen-bond donors (Lipinski definition) is 0. The molecule has 2 nitrogen and oxygen atoms in total. The van der Waals surface area contributed by atoms with Crippen molar-refractivity contribution in [3.63, 3.8) is 0 Å². The molecular weight excluding hydrogens is 392 g/mol. The minimum atomic E-state index is -0.283. The number of carbonyl (C=O) groups excluding carboxylic acids is 1. The first-order chi connectivity index (χ1) is 15.5. The normalized spacial score (nSPS) is 10.7. The second-order valence-electron chi connectivity index (χ2n) is 8.54. The first kappa shape index (κ1) is 25.4. The summed E-state index contributed by atoms with van der Waals surface area (Å²) in [6, 6.07) is 16.9. The van der Waals surface area contributed by atoms with Crippen LogP contribution in [0.1, 0.15) is 67.7 Å². The maximum absolute atomic E-state index is 11.9. The molecule has 0 saturated heterocycles. The van der Waals surface area contributed by atoms with Crippen molar-refractivity contribution in [2.45, 2.75) is 58.3 Å². The van der Waals surface area contributed by atoms with Gasteiger partial charge in [-0.25, -0.2) is 4.79 Å². The Morgan fingerprint density at radius 2 is 1.31 bits per heavy atom. The molecule has 0 amide bonds. The van der Waals surface area contributed by atoms with Crippen molar-refractivity contribution in [2.24, 2.45) is 5.92 Å². The van der Waals surface area contributed by atoms with Gasteiger partial charge in [0.2, 0.25) is 0 Å². The zero-order chi connectivity index (χ0) is 23.2. The van der Waals surface area contributed by atoms with Crippen molar-refractivity contribution >= 4 is 18.1 Å². The Balaban J connectivity index is 1.81. The molecule has 2 rings (SSSR count). The Morgan fingerprint density at radius 3 is 1.75 bits per heavy atom. The highest BCUT2D eigenvalue weighted by molar-refractivity contribution is 5.86. The van der Waals surface area contributed by atoms with E-state index in [1.165, 1.54) is 22.3 Å². The van der Waals surface area contributed by atoms with E-state index in [4.69, 9.17) is 4.74 Å². The van der Waals surface area contributed by atoms with Crippen LogP contribution in [0.3, 0.4) is 0 Å². The van der Waals surface area contributed by atoms with Crippen molar-refractivity contribution in [3.8, 4) is 0 Å². The van der Waals surface area contributed by atoms with Gasteiger partial charge in [0.25, 0.3) is 0 Å². The molecule has 2 aromatic rings. The fourth-order valence-electron chi connectivity index (χ4n) is 4.05. The molecule has 0 saturated carbocycles. The average molecular weight is 431 g/mol. The summed E-state index contributed by atoms with van der Waals surface area (Å²) >= 11 is 0. The minimum absolute atomic E-state index is 0.283. The summed E-state index contributed by atoms with van der Waals surface area (Å²) in [4.78, 5) is 11.9. The molecular formula is C30H38O2. The lowest BCUT2D eigenvalue weighted by molar-refractivity contribution is -0.140. The molecule has 0 radical (unpaired) electrons. The van der Waals surface area contributed by atoms with Gasteiger partial charge in [0.1, 0.15) is 0 Å². The molecule has 0 atom stereocenters. The van der Waals surface area contributed by atoms with E-state index in [9.17, 15) is 4.79 Å². The third kappa shape index (κ3) is 8.70. The van der Waals surface area contributed by atoms with E-state index >= 15 is 0 Å². The van der Waals surface area contributed by atoms with Gasteiger partial charge in [-0.05, 0) is 73.6 Å². The second kappa shape index (κ2) is 14.2. The van der Waals surface area contributed by atoms with Gasteiger partial charge in [0.05, 0.1) is 6.61 Å². The molecule has 0 heterocycles. The van der Waals surface area contributed by atoms with Crippen LogP contribution in [0.5, 0.6) is 0 Å². The Labute approximate surface area is 194 Å². The summed E-state index contributed by atoms with van der Waals surface area (Å²) in [7, 11) is 0. The predicted molar refractivity (Wildman–Crippen MR) is 137 cm³/mol. The predicted octanol–water partition coefficient (Wildman–Crippen LogP) is 7.83. The van der Waals surface area contributed by atoms with Crippen LogP contribution in [0.4, 0.5) is 0 Å². The van der Waals surface area contributed by atoms with Gasteiger partial charge in [-0.1, -0.05) is 93.3 Å². The van der Waals surface area contributed by atoms with Gasteiger partial charge in [-0.15, -0.1) is 0 Å². The van der Waals surface area contributed by atoms with Crippen LogP contribution < -0.4 is 0 Å². The molecule has 0 spiro atoms. The lowest BCUT2D eigenvalue weighted by atomic mass is 9.93. The number of rotatable bonds is 15. The highest BCUT2D eigenvalue weighted by Crippen LogP contribution is 2.21. The van der Waals surface area contributed by atoms with Crippen molar-refractivity contribution in [2.75, 3.05) is 6.61 Å². The van der Waals surface area contributed by atoms with E-state index in [0.29, 0.717) is 18.1 Å². The topological polar surface area (TPSA) is 26.3 Å². The summed E-state index contributed by atoms with van der Waals surface area (Å²) in [6.45, 7) is 13.7. The van der Waals surface area contributed by atoms with Gasteiger partial charge in [0.15, 0.2) is 0 Å². The number of hydrogen-bond acceptors (Lipinski definition) is 2. The molecule has 2 heteroatoms. The third-order valence-electron chi connectivity index (χ3n) is 5.97. The van der Waals surface area contributed by atoms with Crippen LogP contribution in [0.2, 0.25) is 0 Å². The fourth-order valence-corrected chi connectivity index (χ4v) is 4.05. The molecule has 0 fully saturated rings. The molecule has 32 heavy (non-hydrogen) atoms. The van der Waals surface area contributed by atoms with Crippen LogP contribution >= 0.6 is 0 Å². The quantitative estimate of drug-likeness (QED) is 0.163. The number of esters is 1. The largest absolute Gasteiger partial charge is 0.462 e. The van der Waals surface area contributed by atoms with Crippen LogP contribution in [-0.2, 0) is 22.4 Å². The first-order valence-corrected chi connectivity index (χ1v) is 11.8. The van der Waals surface area contributed by atoms with Gasteiger partial charge < -0.3 is 4.74 Å². The Hall–Kier alpha value is -2.87. The maximum Gasteiger partial charge on any atom is 0.333 e. The molecule has 0 aliphatic rings. The van der Waals surface area contributed by atoms with Crippen LogP contribution in [0.15, 0.2) is 73.8 Å². The molecule has 0 aromatic heterocycles. The van der Waals surface area contributed by atoms with Gasteiger partial charge in [-0.3, -0.25) is 0 Å². The number of ether oxygens (including phenoxy) is 1. The van der Waals surface area contributed by atoms with Crippen molar-refractivity contribution in [1.29, 1.82) is 0 Å². The maximum atomic E-state index is 11.9. The van der Waals surface area contributed by atoms with Gasteiger partial charge in [-0.2, -0.15) is 0 Å². The van der Waals surface area contributed by atoms with E-state index < -0.39 is 0 Å². The highest BCUT2D eigenvalue weighted by Gasteiger charge is 2.13. The fraction of sp³-hybridized carbons (Fsp3) is 0.367. The smallest absolute Gasteiger partial charge is 0.333 e. The number of aryl methyl sites for hydroxylation is 2. The summed E-state index contributed by atoms with van der Waals surface area (Å²) in [5.41, 5.74) is 5.62. The lowest BCUT2D eigenvalue weighted by Crippen LogP contribution is -2.15. The van der Waals surface area contributed by atoms with Crippen LogP contribution in [0, 0.1) is 5.92 Å². The molecule has 0 unspecified atom stereocenters. The van der Waals surface area contributed by atoms with E-state index in [2.05, 4.69) is 68.3 Å². The zero-order valence-electron chi connectivity index (χ0n) is 19.7. The monoisotopic (exact) mass is 430 g/mol. The van der Waals surface area contributed by atoms with E-state index in [1.807, 2.05) is 12.2 Å².